The van der Waals surface area contributed by atoms with Gasteiger partial charge in [0.05, 0.1) is 6.04 Å². The summed E-state index contributed by atoms with van der Waals surface area (Å²) in [6.45, 7) is 0.416. The SMILES string of the molecule is NCCc1nc(C(=O)NC(c2ccccc2)c2ccc(Cl)cc2)co1. The van der Waals surface area contributed by atoms with Crippen LogP contribution in [0.2, 0.25) is 5.02 Å². The Bertz CT molecular complexity index is 831. The van der Waals surface area contributed by atoms with Crippen LogP contribution in [-0.4, -0.2) is 17.4 Å². The van der Waals surface area contributed by atoms with Gasteiger partial charge in [-0.05, 0) is 23.3 Å². The van der Waals surface area contributed by atoms with Crippen molar-refractivity contribution in [2.45, 2.75) is 12.5 Å². The second kappa shape index (κ2) is 7.96. The van der Waals surface area contributed by atoms with Crippen LogP contribution in [0, 0.1) is 0 Å². The Hall–Kier alpha value is -2.63. The molecule has 0 saturated carbocycles. The van der Waals surface area contributed by atoms with Crippen molar-refractivity contribution >= 4 is 17.5 Å². The molecule has 1 amide bonds. The van der Waals surface area contributed by atoms with E-state index in [1.165, 1.54) is 6.26 Å². The monoisotopic (exact) mass is 355 g/mol. The highest BCUT2D eigenvalue weighted by atomic mass is 35.5. The van der Waals surface area contributed by atoms with Gasteiger partial charge in [0.2, 0.25) is 0 Å². The molecule has 25 heavy (non-hydrogen) atoms. The van der Waals surface area contributed by atoms with Crippen LogP contribution in [0.25, 0.3) is 0 Å². The number of oxazole rings is 1. The molecule has 0 aliphatic heterocycles. The lowest BCUT2D eigenvalue weighted by atomic mass is 9.98. The number of nitrogens with zero attached hydrogens (tertiary/aromatic N) is 1. The molecule has 6 heteroatoms. The molecule has 0 saturated heterocycles. The molecule has 3 aromatic rings. The van der Waals surface area contributed by atoms with Crippen LogP contribution in [0.15, 0.2) is 65.3 Å². The number of hydrogen-bond donors (Lipinski definition) is 2. The first-order chi connectivity index (χ1) is 12.2. The van der Waals surface area contributed by atoms with Crippen LogP contribution >= 0.6 is 11.6 Å². The van der Waals surface area contributed by atoms with E-state index in [-0.39, 0.29) is 17.6 Å². The van der Waals surface area contributed by atoms with Gasteiger partial charge >= 0.3 is 0 Å². The predicted octanol–water partition coefficient (Wildman–Crippen LogP) is 3.35. The largest absolute Gasteiger partial charge is 0.448 e. The Morgan fingerprint density at radius 1 is 1.12 bits per heavy atom. The van der Waals surface area contributed by atoms with Gasteiger partial charge in [-0.25, -0.2) is 4.98 Å². The lowest BCUT2D eigenvalue weighted by molar-refractivity contribution is 0.0938. The summed E-state index contributed by atoms with van der Waals surface area (Å²) in [5.41, 5.74) is 7.60. The molecule has 1 atom stereocenters. The second-order valence-corrected chi connectivity index (χ2v) is 5.97. The Morgan fingerprint density at radius 3 is 2.48 bits per heavy atom. The topological polar surface area (TPSA) is 81.1 Å². The number of benzene rings is 2. The third-order valence-electron chi connectivity index (χ3n) is 3.75. The van der Waals surface area contributed by atoms with Crippen molar-refractivity contribution in [2.75, 3.05) is 6.54 Å². The minimum Gasteiger partial charge on any atom is -0.448 e. The molecule has 0 fully saturated rings. The van der Waals surface area contributed by atoms with E-state index >= 15 is 0 Å². The molecule has 5 nitrogen and oxygen atoms in total. The summed E-state index contributed by atoms with van der Waals surface area (Å²) < 4.78 is 5.27. The highest BCUT2D eigenvalue weighted by Crippen LogP contribution is 2.24. The molecule has 1 aromatic heterocycles. The summed E-state index contributed by atoms with van der Waals surface area (Å²) in [4.78, 5) is 16.8. The zero-order valence-electron chi connectivity index (χ0n) is 13.5. The summed E-state index contributed by atoms with van der Waals surface area (Å²) in [5.74, 6) is 0.145. The minimum absolute atomic E-state index is 0.235. The fraction of sp³-hybridized carbons (Fsp3) is 0.158. The minimum atomic E-state index is -0.319. The molecule has 3 N–H and O–H groups in total. The molecular formula is C19H18ClN3O2. The molecule has 128 valence electrons. The van der Waals surface area contributed by atoms with E-state index < -0.39 is 0 Å². The summed E-state index contributed by atoms with van der Waals surface area (Å²) >= 11 is 5.98. The average Bonchev–Trinajstić information content (AvgIpc) is 3.10. The van der Waals surface area contributed by atoms with Gasteiger partial charge in [0.25, 0.3) is 5.91 Å². The van der Waals surface area contributed by atoms with Gasteiger partial charge in [0.1, 0.15) is 6.26 Å². The van der Waals surface area contributed by atoms with Crippen LogP contribution in [0.3, 0.4) is 0 Å². The number of carbonyl (C=O) groups is 1. The van der Waals surface area contributed by atoms with Crippen molar-refractivity contribution in [1.29, 1.82) is 0 Å². The van der Waals surface area contributed by atoms with Crippen LogP contribution in [0.4, 0.5) is 0 Å². The molecule has 1 heterocycles. The first-order valence-electron chi connectivity index (χ1n) is 7.93. The molecule has 1 unspecified atom stereocenters. The lowest BCUT2D eigenvalue weighted by Crippen LogP contribution is -2.29. The Labute approximate surface area is 150 Å². The molecule has 3 rings (SSSR count). The van der Waals surface area contributed by atoms with Crippen molar-refractivity contribution in [3.8, 4) is 0 Å². The van der Waals surface area contributed by atoms with Crippen LogP contribution in [0.1, 0.15) is 33.5 Å². The molecule has 0 aliphatic rings. The van der Waals surface area contributed by atoms with E-state index in [1.807, 2.05) is 42.5 Å². The van der Waals surface area contributed by atoms with E-state index in [2.05, 4.69) is 10.3 Å². The quantitative estimate of drug-likeness (QED) is 0.710. The first-order valence-corrected chi connectivity index (χ1v) is 8.31. The number of nitrogens with two attached hydrogens (primary N) is 1. The van der Waals surface area contributed by atoms with Gasteiger partial charge < -0.3 is 15.5 Å². The molecule has 0 radical (unpaired) electrons. The molecule has 2 aromatic carbocycles. The summed E-state index contributed by atoms with van der Waals surface area (Å²) in [6, 6.07) is 16.8. The maximum Gasteiger partial charge on any atom is 0.273 e. The van der Waals surface area contributed by atoms with Gasteiger partial charge in [-0.1, -0.05) is 54.1 Å². The number of rotatable bonds is 6. The Balaban J connectivity index is 1.86. The number of carbonyl (C=O) groups excluding carboxylic acids is 1. The van der Waals surface area contributed by atoms with Crippen molar-refractivity contribution < 1.29 is 9.21 Å². The zero-order valence-corrected chi connectivity index (χ0v) is 14.2. The van der Waals surface area contributed by atoms with Crippen LogP contribution < -0.4 is 11.1 Å². The summed E-state index contributed by atoms with van der Waals surface area (Å²) in [6.07, 6.45) is 1.84. The molecular weight excluding hydrogens is 338 g/mol. The Morgan fingerprint density at radius 2 is 1.80 bits per heavy atom. The van der Waals surface area contributed by atoms with E-state index in [0.29, 0.717) is 23.9 Å². The third-order valence-corrected chi connectivity index (χ3v) is 4.01. The molecule has 0 aliphatic carbocycles. The lowest BCUT2D eigenvalue weighted by Gasteiger charge is -2.19. The number of nitrogens with one attached hydrogen (secondary N) is 1. The molecule has 0 spiro atoms. The van der Waals surface area contributed by atoms with Crippen molar-refractivity contribution in [1.82, 2.24) is 10.3 Å². The van der Waals surface area contributed by atoms with E-state index in [1.54, 1.807) is 12.1 Å². The van der Waals surface area contributed by atoms with E-state index in [4.69, 9.17) is 21.8 Å². The zero-order chi connectivity index (χ0) is 17.6. The first kappa shape index (κ1) is 17.2. The molecule has 0 bridgehead atoms. The van der Waals surface area contributed by atoms with Crippen molar-refractivity contribution in [3.05, 3.63) is 88.6 Å². The summed E-state index contributed by atoms with van der Waals surface area (Å²) in [7, 11) is 0. The van der Waals surface area contributed by atoms with Gasteiger partial charge in [-0.3, -0.25) is 4.79 Å². The number of hydrogen-bond acceptors (Lipinski definition) is 4. The average molecular weight is 356 g/mol. The maximum absolute atomic E-state index is 12.6. The number of amides is 1. The fourth-order valence-corrected chi connectivity index (χ4v) is 2.64. The van der Waals surface area contributed by atoms with Crippen LogP contribution in [0.5, 0.6) is 0 Å². The number of halogens is 1. The smallest absolute Gasteiger partial charge is 0.273 e. The highest BCUT2D eigenvalue weighted by Gasteiger charge is 2.20. The van der Waals surface area contributed by atoms with Gasteiger partial charge in [0.15, 0.2) is 11.6 Å². The van der Waals surface area contributed by atoms with Gasteiger partial charge in [-0.2, -0.15) is 0 Å². The van der Waals surface area contributed by atoms with Crippen molar-refractivity contribution in [3.63, 3.8) is 0 Å². The van der Waals surface area contributed by atoms with Gasteiger partial charge in [0, 0.05) is 18.0 Å². The van der Waals surface area contributed by atoms with E-state index in [0.717, 1.165) is 11.1 Å². The third kappa shape index (κ3) is 4.26. The fourth-order valence-electron chi connectivity index (χ4n) is 2.52. The highest BCUT2D eigenvalue weighted by molar-refractivity contribution is 6.30. The normalized spacial score (nSPS) is 11.9. The van der Waals surface area contributed by atoms with Crippen LogP contribution in [-0.2, 0) is 6.42 Å². The van der Waals surface area contributed by atoms with Crippen molar-refractivity contribution in [2.24, 2.45) is 5.73 Å². The maximum atomic E-state index is 12.6. The Kier molecular flexibility index (Phi) is 5.48. The standard InChI is InChI=1S/C19H18ClN3O2/c20-15-8-6-14(7-9-15)18(13-4-2-1-3-5-13)23-19(24)16-12-25-17(22-16)10-11-21/h1-9,12,18H,10-11,21H2,(H,23,24). The van der Waals surface area contributed by atoms with E-state index in [9.17, 15) is 4.79 Å². The number of aromatic nitrogens is 1. The summed E-state index contributed by atoms with van der Waals surface area (Å²) in [5, 5.41) is 3.65. The van der Waals surface area contributed by atoms with Gasteiger partial charge in [-0.15, -0.1) is 0 Å². The second-order valence-electron chi connectivity index (χ2n) is 5.53. The predicted molar refractivity (Wildman–Crippen MR) is 96.5 cm³/mol.